The number of aromatic amines is 1. The molecule has 38 heavy (non-hydrogen) atoms. The number of aromatic nitrogens is 2. The van der Waals surface area contributed by atoms with E-state index in [2.05, 4.69) is 17.1 Å². The van der Waals surface area contributed by atoms with Crippen LogP contribution in [0, 0.1) is 0 Å². The van der Waals surface area contributed by atoms with E-state index < -0.39 is 0 Å². The Labute approximate surface area is 222 Å². The minimum Gasteiger partial charge on any atom is -0.497 e. The molecular weight excluding hydrogens is 482 g/mol. The van der Waals surface area contributed by atoms with Gasteiger partial charge in [0, 0.05) is 17.7 Å². The molecule has 1 aromatic heterocycles. The Kier molecular flexibility index (Phi) is 7.22. The lowest BCUT2D eigenvalue weighted by atomic mass is 9.95. The van der Waals surface area contributed by atoms with Gasteiger partial charge < -0.3 is 23.8 Å². The summed E-state index contributed by atoms with van der Waals surface area (Å²) in [5.41, 5.74) is 4.83. The molecule has 4 aromatic rings. The van der Waals surface area contributed by atoms with Crippen LogP contribution in [0.3, 0.4) is 0 Å². The third-order valence-electron chi connectivity index (χ3n) is 6.70. The number of amides is 1. The number of hydrogen-bond donors (Lipinski definition) is 1. The first-order valence-corrected chi connectivity index (χ1v) is 12.5. The molecule has 2 heterocycles. The Morgan fingerprint density at radius 2 is 1.55 bits per heavy atom. The van der Waals surface area contributed by atoms with E-state index in [9.17, 15) is 4.79 Å². The van der Waals surface area contributed by atoms with E-state index in [0.29, 0.717) is 30.3 Å². The summed E-state index contributed by atoms with van der Waals surface area (Å²) < 4.78 is 22.2. The summed E-state index contributed by atoms with van der Waals surface area (Å²) in [4.78, 5) is 15.6. The van der Waals surface area contributed by atoms with Crippen LogP contribution in [0.5, 0.6) is 23.0 Å². The number of hydrogen-bond acceptors (Lipinski definition) is 6. The van der Waals surface area contributed by atoms with Crippen LogP contribution < -0.4 is 18.9 Å². The van der Waals surface area contributed by atoms with Crippen molar-refractivity contribution in [2.24, 2.45) is 0 Å². The molecule has 0 spiro atoms. The van der Waals surface area contributed by atoms with E-state index in [4.69, 9.17) is 18.9 Å². The fraction of sp³-hybridized carbons (Fsp3) is 0.267. The van der Waals surface area contributed by atoms with Crippen molar-refractivity contribution in [3.8, 4) is 34.3 Å². The molecule has 0 fully saturated rings. The van der Waals surface area contributed by atoms with Crippen molar-refractivity contribution < 1.29 is 23.7 Å². The third-order valence-corrected chi connectivity index (χ3v) is 6.70. The number of H-pyrrole nitrogens is 1. The van der Waals surface area contributed by atoms with Crippen molar-refractivity contribution in [3.63, 3.8) is 0 Å². The van der Waals surface area contributed by atoms with Gasteiger partial charge in [-0.05, 0) is 66.1 Å². The van der Waals surface area contributed by atoms with Gasteiger partial charge in [-0.25, -0.2) is 0 Å². The molecule has 1 atom stereocenters. The molecule has 5 rings (SSSR count). The lowest BCUT2D eigenvalue weighted by molar-refractivity contribution is 0.0730. The number of rotatable bonds is 10. The van der Waals surface area contributed by atoms with Crippen molar-refractivity contribution in [1.82, 2.24) is 15.1 Å². The first-order valence-electron chi connectivity index (χ1n) is 12.5. The zero-order chi connectivity index (χ0) is 26.6. The maximum Gasteiger partial charge on any atom is 0.273 e. The largest absolute Gasteiger partial charge is 0.497 e. The number of nitrogens with one attached hydrogen (secondary N) is 1. The highest BCUT2D eigenvalue weighted by molar-refractivity contribution is 6.00. The Bertz CT molecular complexity index is 1410. The van der Waals surface area contributed by atoms with Crippen molar-refractivity contribution in [1.29, 1.82) is 0 Å². The van der Waals surface area contributed by atoms with Crippen molar-refractivity contribution in [2.45, 2.75) is 25.9 Å². The second-order valence-corrected chi connectivity index (χ2v) is 9.03. The maximum absolute atomic E-state index is 13.8. The molecular formula is C30H31N3O5. The van der Waals surface area contributed by atoms with Gasteiger partial charge in [0.05, 0.1) is 39.7 Å². The van der Waals surface area contributed by atoms with E-state index in [1.54, 1.807) is 21.3 Å². The SMILES string of the molecule is CCCOc1ccc(C2c3c(-c4ccc(OC)cc4)n[nH]c3C(=O)N2Cc2ccc(OC)cc2)cc1OC. The van der Waals surface area contributed by atoms with E-state index in [1.807, 2.05) is 71.6 Å². The number of benzene rings is 3. The summed E-state index contributed by atoms with van der Waals surface area (Å²) in [7, 11) is 4.89. The van der Waals surface area contributed by atoms with Gasteiger partial charge in [0.1, 0.15) is 17.2 Å². The highest BCUT2D eigenvalue weighted by atomic mass is 16.5. The summed E-state index contributed by atoms with van der Waals surface area (Å²) in [6.07, 6.45) is 0.890. The number of carbonyl (C=O) groups excluding carboxylic acids is 1. The Balaban J connectivity index is 1.60. The predicted octanol–water partition coefficient (Wildman–Crippen LogP) is 5.64. The van der Waals surface area contributed by atoms with Crippen molar-refractivity contribution >= 4 is 5.91 Å². The topological polar surface area (TPSA) is 85.9 Å². The Morgan fingerprint density at radius 1 is 0.868 bits per heavy atom. The monoisotopic (exact) mass is 513 g/mol. The molecule has 196 valence electrons. The highest BCUT2D eigenvalue weighted by Gasteiger charge is 2.42. The van der Waals surface area contributed by atoms with E-state index in [1.165, 1.54) is 0 Å². The first-order chi connectivity index (χ1) is 18.6. The fourth-order valence-corrected chi connectivity index (χ4v) is 4.79. The maximum atomic E-state index is 13.8. The molecule has 3 aromatic carbocycles. The lowest BCUT2D eigenvalue weighted by Gasteiger charge is -2.27. The van der Waals surface area contributed by atoms with Gasteiger partial charge in [-0.15, -0.1) is 0 Å². The molecule has 0 bridgehead atoms. The minimum absolute atomic E-state index is 0.113. The molecule has 0 radical (unpaired) electrons. The molecule has 1 aliphatic rings. The number of methoxy groups -OCH3 is 3. The smallest absolute Gasteiger partial charge is 0.273 e. The quantitative estimate of drug-likeness (QED) is 0.296. The zero-order valence-corrected chi connectivity index (χ0v) is 22.0. The number of nitrogens with zero attached hydrogens (tertiary/aromatic N) is 2. The normalized spacial score (nSPS) is 14.4. The molecule has 1 unspecified atom stereocenters. The van der Waals surface area contributed by atoms with Crippen LogP contribution in [0.4, 0.5) is 0 Å². The van der Waals surface area contributed by atoms with E-state index in [-0.39, 0.29) is 11.9 Å². The van der Waals surface area contributed by atoms with Gasteiger partial charge >= 0.3 is 0 Å². The molecule has 0 aliphatic carbocycles. The average molecular weight is 514 g/mol. The summed E-state index contributed by atoms with van der Waals surface area (Å²) in [6.45, 7) is 3.06. The number of ether oxygens (including phenoxy) is 4. The molecule has 1 N–H and O–H groups in total. The van der Waals surface area contributed by atoms with Crippen LogP contribution in [0.25, 0.3) is 11.3 Å². The summed E-state index contributed by atoms with van der Waals surface area (Å²) >= 11 is 0. The fourth-order valence-electron chi connectivity index (χ4n) is 4.79. The van der Waals surface area contributed by atoms with E-state index in [0.717, 1.165) is 45.9 Å². The van der Waals surface area contributed by atoms with Crippen molar-refractivity contribution in [3.05, 3.63) is 89.1 Å². The van der Waals surface area contributed by atoms with Gasteiger partial charge in [0.15, 0.2) is 11.5 Å². The van der Waals surface area contributed by atoms with Gasteiger partial charge in [0.25, 0.3) is 5.91 Å². The van der Waals surface area contributed by atoms with Crippen molar-refractivity contribution in [2.75, 3.05) is 27.9 Å². The van der Waals surface area contributed by atoms with Crippen LogP contribution in [-0.4, -0.2) is 48.9 Å². The van der Waals surface area contributed by atoms with Crippen LogP contribution in [0.1, 0.15) is 46.6 Å². The van der Waals surface area contributed by atoms with Crippen LogP contribution in [0.2, 0.25) is 0 Å². The third kappa shape index (κ3) is 4.65. The average Bonchev–Trinajstić information content (AvgIpc) is 3.51. The zero-order valence-electron chi connectivity index (χ0n) is 22.0. The Morgan fingerprint density at radius 3 is 2.18 bits per heavy atom. The van der Waals surface area contributed by atoms with Gasteiger partial charge in [-0.1, -0.05) is 25.1 Å². The lowest BCUT2D eigenvalue weighted by Crippen LogP contribution is -2.29. The van der Waals surface area contributed by atoms with Gasteiger partial charge in [0.2, 0.25) is 0 Å². The highest BCUT2D eigenvalue weighted by Crippen LogP contribution is 2.45. The second kappa shape index (κ2) is 10.9. The molecule has 0 saturated heterocycles. The Hall–Kier alpha value is -4.46. The molecule has 1 amide bonds. The summed E-state index contributed by atoms with van der Waals surface area (Å²) in [5, 5.41) is 7.59. The standard InChI is InChI=1S/C30H31N3O5/c1-5-16-38-24-15-10-21(17-25(24)37-4)29-26-27(20-8-13-23(36-3)14-9-20)31-32-28(26)30(34)33(29)18-19-6-11-22(35-2)12-7-19/h6-15,17,29H,5,16,18H2,1-4H3,(H,31,32). The van der Waals surface area contributed by atoms with Gasteiger partial charge in [-0.3, -0.25) is 9.89 Å². The van der Waals surface area contributed by atoms with Crippen LogP contribution in [0.15, 0.2) is 66.7 Å². The van der Waals surface area contributed by atoms with Crippen LogP contribution in [-0.2, 0) is 6.54 Å². The van der Waals surface area contributed by atoms with E-state index >= 15 is 0 Å². The predicted molar refractivity (Wildman–Crippen MR) is 144 cm³/mol. The second-order valence-electron chi connectivity index (χ2n) is 9.03. The van der Waals surface area contributed by atoms with Crippen LogP contribution >= 0.6 is 0 Å². The molecule has 1 aliphatic heterocycles. The molecule has 8 heteroatoms. The summed E-state index contributed by atoms with van der Waals surface area (Å²) in [5.74, 6) is 2.70. The molecule has 8 nitrogen and oxygen atoms in total. The first kappa shape index (κ1) is 25.2. The molecule has 0 saturated carbocycles. The summed E-state index contributed by atoms with van der Waals surface area (Å²) in [6, 6.07) is 20.9. The minimum atomic E-state index is -0.385. The van der Waals surface area contributed by atoms with Gasteiger partial charge in [-0.2, -0.15) is 5.10 Å². The number of carbonyl (C=O) groups is 1. The number of fused-ring (bicyclic) bond motifs is 1.